The molecule has 0 spiro atoms. The number of para-hydroxylation sites is 1. The van der Waals surface area contributed by atoms with Gasteiger partial charge in [-0.25, -0.2) is 4.98 Å². The summed E-state index contributed by atoms with van der Waals surface area (Å²) >= 11 is 0. The Bertz CT molecular complexity index is 1590. The molecule has 14 heteroatoms. The number of halogens is 6. The summed E-state index contributed by atoms with van der Waals surface area (Å²) in [5.41, 5.74) is 4.65. The van der Waals surface area contributed by atoms with Crippen LogP contribution in [0.5, 0.6) is 0 Å². The number of nitrogens with one attached hydrogen (secondary N) is 1. The Morgan fingerprint density at radius 3 is 2.04 bits per heavy atom. The zero-order chi connectivity index (χ0) is 35.3. The van der Waals surface area contributed by atoms with Crippen molar-refractivity contribution < 1.29 is 34.6 Å². The minimum atomic E-state index is -10.7. The van der Waals surface area contributed by atoms with Crippen molar-refractivity contribution in [1.29, 1.82) is 0 Å². The maximum atomic E-state index is 14.3. The zero-order valence-electron chi connectivity index (χ0n) is 28.3. The number of fused-ring (bicyclic) bond motifs is 1. The van der Waals surface area contributed by atoms with Crippen LogP contribution in [-0.2, 0) is 6.54 Å². The second-order valence-electron chi connectivity index (χ2n) is 13.2. The van der Waals surface area contributed by atoms with Crippen molar-refractivity contribution in [2.45, 2.75) is 51.6 Å². The van der Waals surface area contributed by atoms with Gasteiger partial charge in [-0.15, -0.1) is 0 Å². The average Bonchev–Trinajstić information content (AvgIpc) is 3.00. The van der Waals surface area contributed by atoms with E-state index in [1.54, 1.807) is 0 Å². The van der Waals surface area contributed by atoms with Crippen LogP contribution in [-0.4, -0.2) is 96.5 Å². The van der Waals surface area contributed by atoms with Crippen LogP contribution in [0.2, 0.25) is 0 Å². The van der Waals surface area contributed by atoms with E-state index in [4.69, 9.17) is 4.98 Å². The molecular formula is C34H47F6N6OP. The predicted molar refractivity (Wildman–Crippen MR) is 182 cm³/mol. The summed E-state index contributed by atoms with van der Waals surface area (Å²) in [7, 11) is -2.24. The van der Waals surface area contributed by atoms with Crippen LogP contribution in [0.25, 0.3) is 22.2 Å². The predicted octanol–water partition coefficient (Wildman–Crippen LogP) is 8.29. The van der Waals surface area contributed by atoms with Gasteiger partial charge in [0, 0.05) is 42.2 Å². The molecule has 1 aromatic heterocycles. The van der Waals surface area contributed by atoms with Crippen molar-refractivity contribution >= 4 is 30.6 Å². The van der Waals surface area contributed by atoms with E-state index in [0.717, 1.165) is 59.5 Å². The summed E-state index contributed by atoms with van der Waals surface area (Å²) in [4.78, 5) is 26.6. The van der Waals surface area contributed by atoms with Gasteiger partial charge < -0.3 is 5.32 Å². The number of piperazine rings is 1. The molecule has 266 valence electrons. The van der Waals surface area contributed by atoms with Crippen molar-refractivity contribution in [2.24, 2.45) is 5.92 Å². The fraction of sp³-hybridized carbons (Fsp3) is 0.500. The quantitative estimate of drug-likeness (QED) is 0.0923. The van der Waals surface area contributed by atoms with Gasteiger partial charge >= 0.3 is 38.9 Å². The average molecular weight is 701 g/mol. The van der Waals surface area contributed by atoms with Crippen LogP contribution < -0.4 is 5.32 Å². The number of amides is 1. The van der Waals surface area contributed by atoms with E-state index in [9.17, 15) is 30.0 Å². The standard InChI is InChI=1S/C34H46N6O.F6P/c1-25(26-14-8-6-9-15-26)35-33(41)31-28-18-12-13-19-30(28)36-32(27-16-10-7-11-17-27)29(31)24-39-20-22-40(23-21-39)34(37(2)3)38(4)5;1-7(2,3,4,5)6/h7,10-13,16-19,25-26H,6,8-9,14-15,20-24H2,1-5H3;/q;-1/p+1/t25-;/m0./s1. The molecule has 0 unspecified atom stereocenters. The summed E-state index contributed by atoms with van der Waals surface area (Å²) < 4.78 is 61.4. The first-order valence-electron chi connectivity index (χ1n) is 16.3. The van der Waals surface area contributed by atoms with Crippen molar-refractivity contribution in [3.63, 3.8) is 0 Å². The molecule has 1 N–H and O–H groups in total. The maximum absolute atomic E-state index is 14.3. The normalized spacial score (nSPS) is 18.2. The molecule has 2 aromatic carbocycles. The van der Waals surface area contributed by atoms with E-state index in [1.165, 1.54) is 38.1 Å². The number of rotatable bonds is 6. The van der Waals surface area contributed by atoms with E-state index >= 15 is 0 Å². The van der Waals surface area contributed by atoms with Gasteiger partial charge in [0.1, 0.15) is 0 Å². The number of carbonyl (C=O) groups is 1. The molecule has 1 amide bonds. The first-order chi connectivity index (χ1) is 22.3. The Morgan fingerprint density at radius 2 is 1.48 bits per heavy atom. The molecule has 2 fully saturated rings. The molecule has 2 heterocycles. The summed E-state index contributed by atoms with van der Waals surface area (Å²) in [6, 6.07) is 18.7. The molecule has 0 bridgehead atoms. The topological polar surface area (TPSA) is 54.7 Å². The first kappa shape index (κ1) is 37.4. The molecular weight excluding hydrogens is 653 g/mol. The van der Waals surface area contributed by atoms with Crippen LogP contribution in [0.4, 0.5) is 25.2 Å². The molecule has 3 aromatic rings. The van der Waals surface area contributed by atoms with Crippen LogP contribution in [0.15, 0.2) is 54.6 Å². The van der Waals surface area contributed by atoms with Crippen LogP contribution in [0, 0.1) is 5.92 Å². The molecule has 1 atom stereocenters. The molecule has 7 nitrogen and oxygen atoms in total. The van der Waals surface area contributed by atoms with Crippen molar-refractivity contribution in [3.05, 3.63) is 65.7 Å². The van der Waals surface area contributed by atoms with Crippen molar-refractivity contribution in [1.82, 2.24) is 25.0 Å². The number of hydrogen-bond donors (Lipinski definition) is 1. The Kier molecular flexibility index (Phi) is 11.1. The van der Waals surface area contributed by atoms with Crippen LogP contribution >= 0.6 is 7.81 Å². The van der Waals surface area contributed by atoms with Crippen LogP contribution in [0.3, 0.4) is 0 Å². The Labute approximate surface area is 278 Å². The number of nitrogens with zero attached hydrogens (tertiary/aromatic N) is 5. The molecule has 2 aliphatic rings. The Hall–Kier alpha value is -3.44. The molecule has 1 saturated heterocycles. The third-order valence-corrected chi connectivity index (χ3v) is 8.82. The number of carbonyl (C=O) groups excluding carboxylic acids is 1. The molecule has 0 radical (unpaired) electrons. The van der Waals surface area contributed by atoms with Gasteiger partial charge in [-0.3, -0.25) is 24.1 Å². The van der Waals surface area contributed by atoms with E-state index < -0.39 is 7.81 Å². The third-order valence-electron chi connectivity index (χ3n) is 8.82. The SMILES string of the molecule is C[C@H](NC(=O)c1c(CN2CCN(C(N(C)C)=[N+](C)C)CC2)c(-c2ccccc2)nc2ccccc12)C1CCCCC1.F[P-](F)(F)(F)(F)F. The van der Waals surface area contributed by atoms with Gasteiger partial charge in [0.05, 0.1) is 58.1 Å². The number of guanidine groups is 1. The van der Waals surface area contributed by atoms with Gasteiger partial charge in [-0.05, 0) is 31.7 Å². The van der Waals surface area contributed by atoms with Crippen molar-refractivity contribution in [3.8, 4) is 11.3 Å². The summed E-state index contributed by atoms with van der Waals surface area (Å²) in [6.07, 6.45) is 6.23. The van der Waals surface area contributed by atoms with Crippen molar-refractivity contribution in [2.75, 3.05) is 54.4 Å². The fourth-order valence-electron chi connectivity index (χ4n) is 6.83. The van der Waals surface area contributed by atoms with E-state index in [0.29, 0.717) is 12.5 Å². The number of hydrogen-bond acceptors (Lipinski definition) is 3. The van der Waals surface area contributed by atoms with Gasteiger partial charge in [0.15, 0.2) is 0 Å². The second kappa shape index (κ2) is 14.2. The zero-order valence-corrected chi connectivity index (χ0v) is 29.2. The van der Waals surface area contributed by atoms with Gasteiger partial charge in [-0.2, -0.15) is 0 Å². The van der Waals surface area contributed by atoms with Gasteiger partial charge in [0.25, 0.3) is 5.91 Å². The van der Waals surface area contributed by atoms with Gasteiger partial charge in [-0.1, -0.05) is 67.8 Å². The molecule has 1 aliphatic heterocycles. The Balaban J connectivity index is 0.000000671. The molecule has 1 saturated carbocycles. The van der Waals surface area contributed by atoms with E-state index in [-0.39, 0.29) is 11.9 Å². The third kappa shape index (κ3) is 11.1. The summed E-state index contributed by atoms with van der Waals surface area (Å²) in [5.74, 6) is 1.80. The monoisotopic (exact) mass is 700 g/mol. The number of aromatic nitrogens is 1. The number of benzene rings is 2. The van der Waals surface area contributed by atoms with Gasteiger partial charge in [0.2, 0.25) is 0 Å². The van der Waals surface area contributed by atoms with Crippen LogP contribution in [0.1, 0.15) is 54.9 Å². The minimum absolute atomic E-state index is 0.0309. The Morgan fingerprint density at radius 1 is 0.917 bits per heavy atom. The molecule has 5 rings (SSSR count). The first-order valence-corrected chi connectivity index (χ1v) is 18.3. The van der Waals surface area contributed by atoms with E-state index in [2.05, 4.69) is 90.0 Å². The fourth-order valence-corrected chi connectivity index (χ4v) is 6.83. The summed E-state index contributed by atoms with van der Waals surface area (Å²) in [5, 5.41) is 4.39. The summed E-state index contributed by atoms with van der Waals surface area (Å²) in [6.45, 7) is 6.60. The second-order valence-corrected chi connectivity index (χ2v) is 15.1. The number of pyridine rings is 1. The molecule has 1 aliphatic carbocycles. The molecule has 48 heavy (non-hydrogen) atoms. The van der Waals surface area contributed by atoms with E-state index in [1.807, 2.05) is 24.3 Å².